The Kier molecular flexibility index (Phi) is 4.85. The number of H-pyrrole nitrogens is 1. The summed E-state index contributed by atoms with van der Waals surface area (Å²) in [5.74, 6) is -0.0446. The number of carbonyl (C=O) groups excluding carboxylic acids is 1. The topological polar surface area (TPSA) is 87.0 Å². The number of benzene rings is 2. The van der Waals surface area contributed by atoms with Crippen molar-refractivity contribution in [2.24, 2.45) is 10.2 Å². The molecule has 0 saturated carbocycles. The van der Waals surface area contributed by atoms with E-state index in [0.717, 1.165) is 21.1 Å². The number of aromatic nitrogens is 1. The van der Waals surface area contributed by atoms with Gasteiger partial charge in [0.25, 0.3) is 0 Å². The quantitative estimate of drug-likeness (QED) is 0.606. The first-order chi connectivity index (χ1) is 12.0. The van der Waals surface area contributed by atoms with Gasteiger partial charge in [-0.1, -0.05) is 34.1 Å². The van der Waals surface area contributed by atoms with Gasteiger partial charge in [0.2, 0.25) is 5.88 Å². The van der Waals surface area contributed by atoms with Crippen molar-refractivity contribution in [3.8, 4) is 11.6 Å². The number of halogens is 1. The maximum Gasteiger partial charge on any atom is 0.302 e. The molecule has 2 aromatic carbocycles. The second-order valence-electron chi connectivity index (χ2n) is 5.62. The molecule has 0 bridgehead atoms. The van der Waals surface area contributed by atoms with Crippen LogP contribution in [0.15, 0.2) is 51.1 Å². The summed E-state index contributed by atoms with van der Waals surface area (Å²) in [4.78, 5) is 14.8. The smallest absolute Gasteiger partial charge is 0.302 e. The molecule has 0 atom stereocenters. The molecule has 25 heavy (non-hydrogen) atoms. The molecule has 3 rings (SSSR count). The number of aromatic hydroxyl groups is 1. The van der Waals surface area contributed by atoms with Crippen molar-refractivity contribution in [1.29, 1.82) is 0 Å². The van der Waals surface area contributed by atoms with E-state index in [-0.39, 0.29) is 18.2 Å². The second kappa shape index (κ2) is 7.06. The summed E-state index contributed by atoms with van der Waals surface area (Å²) >= 11 is 3.41. The maximum atomic E-state index is 11.9. The van der Waals surface area contributed by atoms with Crippen molar-refractivity contribution in [3.05, 3.63) is 52.0 Å². The summed E-state index contributed by atoms with van der Waals surface area (Å²) in [5.41, 5.74) is 2.85. The highest BCUT2D eigenvalue weighted by Crippen LogP contribution is 2.38. The van der Waals surface area contributed by atoms with Gasteiger partial charge in [0.05, 0.1) is 5.52 Å². The van der Waals surface area contributed by atoms with Crippen LogP contribution in [0.5, 0.6) is 11.6 Å². The average molecular weight is 402 g/mol. The van der Waals surface area contributed by atoms with Crippen molar-refractivity contribution in [2.75, 3.05) is 6.61 Å². The van der Waals surface area contributed by atoms with Gasteiger partial charge in [0.1, 0.15) is 5.75 Å². The van der Waals surface area contributed by atoms with Crippen LogP contribution in [0.3, 0.4) is 0 Å². The van der Waals surface area contributed by atoms with E-state index in [4.69, 9.17) is 4.74 Å². The summed E-state index contributed by atoms with van der Waals surface area (Å²) in [6.07, 6.45) is 0. The van der Waals surface area contributed by atoms with Crippen molar-refractivity contribution < 1.29 is 14.6 Å². The highest BCUT2D eigenvalue weighted by atomic mass is 79.9. The fourth-order valence-electron chi connectivity index (χ4n) is 2.49. The number of hydrogen-bond acceptors (Lipinski definition) is 4. The predicted molar refractivity (Wildman–Crippen MR) is 98.6 cm³/mol. The average Bonchev–Trinajstić information content (AvgIpc) is 2.88. The second-order valence-corrected chi connectivity index (χ2v) is 6.53. The summed E-state index contributed by atoms with van der Waals surface area (Å²) in [6.45, 7) is 3.58. The Morgan fingerprint density at radius 1 is 1.24 bits per heavy atom. The van der Waals surface area contributed by atoms with Gasteiger partial charge < -0.3 is 14.8 Å². The first kappa shape index (κ1) is 17.2. The van der Waals surface area contributed by atoms with Gasteiger partial charge in [0, 0.05) is 9.86 Å². The molecule has 1 amide bonds. The molecular formula is C18H16BrN3O3. The SMILES string of the molecule is Cc1ccccc1OCC(=O)N=Nc1c(O)[nH]c2c(C)cc(Br)cc12. The number of hydrogen-bond donors (Lipinski definition) is 2. The van der Waals surface area contributed by atoms with E-state index >= 15 is 0 Å². The number of carbonyl (C=O) groups is 1. The minimum atomic E-state index is -0.538. The summed E-state index contributed by atoms with van der Waals surface area (Å²) < 4.78 is 6.29. The molecule has 0 spiro atoms. The molecule has 0 unspecified atom stereocenters. The van der Waals surface area contributed by atoms with Crippen molar-refractivity contribution in [3.63, 3.8) is 0 Å². The van der Waals surface area contributed by atoms with Crippen LogP contribution >= 0.6 is 15.9 Å². The van der Waals surface area contributed by atoms with E-state index in [1.54, 1.807) is 12.1 Å². The molecule has 3 aromatic rings. The Hall–Kier alpha value is -2.67. The molecule has 1 aromatic heterocycles. The zero-order valence-corrected chi connectivity index (χ0v) is 15.3. The largest absolute Gasteiger partial charge is 0.493 e. The normalized spacial score (nSPS) is 11.3. The molecule has 1 heterocycles. The fraction of sp³-hybridized carbons (Fsp3) is 0.167. The lowest BCUT2D eigenvalue weighted by molar-refractivity contribution is -0.120. The number of para-hydroxylation sites is 1. The molecule has 0 radical (unpaired) electrons. The van der Waals surface area contributed by atoms with Gasteiger partial charge in [-0.3, -0.25) is 4.79 Å². The predicted octanol–water partition coefficient (Wildman–Crippen LogP) is 4.94. The molecule has 0 aliphatic heterocycles. The standard InChI is InChI=1S/C18H16BrN3O3/c1-10-5-3-4-6-14(10)25-9-15(23)21-22-17-13-8-12(19)7-11(2)16(13)20-18(17)24/h3-8,20,24H,9H2,1-2H3. The number of azo groups is 1. The molecule has 128 valence electrons. The van der Waals surface area contributed by atoms with E-state index in [1.165, 1.54) is 0 Å². The monoisotopic (exact) mass is 401 g/mol. The molecule has 0 aliphatic rings. The van der Waals surface area contributed by atoms with Crippen LogP contribution in [0.25, 0.3) is 10.9 Å². The van der Waals surface area contributed by atoms with Crippen molar-refractivity contribution in [1.82, 2.24) is 4.98 Å². The zero-order valence-electron chi connectivity index (χ0n) is 13.7. The van der Waals surface area contributed by atoms with Crippen molar-refractivity contribution in [2.45, 2.75) is 13.8 Å². The van der Waals surface area contributed by atoms with Crippen LogP contribution in [0.1, 0.15) is 11.1 Å². The van der Waals surface area contributed by atoms with E-state index < -0.39 is 5.91 Å². The van der Waals surface area contributed by atoms with Crippen LogP contribution in [-0.2, 0) is 4.79 Å². The lowest BCUT2D eigenvalue weighted by atomic mass is 10.1. The third kappa shape index (κ3) is 3.71. The van der Waals surface area contributed by atoms with E-state index in [2.05, 4.69) is 31.1 Å². The first-order valence-corrected chi connectivity index (χ1v) is 8.39. The van der Waals surface area contributed by atoms with Gasteiger partial charge in [-0.15, -0.1) is 10.2 Å². The maximum absolute atomic E-state index is 11.9. The van der Waals surface area contributed by atoms with Gasteiger partial charge in [-0.25, -0.2) is 0 Å². The van der Waals surface area contributed by atoms with Crippen LogP contribution in [0, 0.1) is 13.8 Å². The fourth-order valence-corrected chi connectivity index (χ4v) is 3.07. The number of rotatable bonds is 4. The highest BCUT2D eigenvalue weighted by Gasteiger charge is 2.13. The van der Waals surface area contributed by atoms with E-state index in [1.807, 2.05) is 38.1 Å². The summed E-state index contributed by atoms with van der Waals surface area (Å²) in [5, 5.41) is 18.3. The van der Waals surface area contributed by atoms with E-state index in [9.17, 15) is 9.90 Å². The minimum Gasteiger partial charge on any atom is -0.493 e. The van der Waals surface area contributed by atoms with E-state index in [0.29, 0.717) is 11.1 Å². The Balaban J connectivity index is 1.78. The Morgan fingerprint density at radius 3 is 2.76 bits per heavy atom. The number of nitrogens with zero attached hydrogens (tertiary/aromatic N) is 2. The van der Waals surface area contributed by atoms with Crippen LogP contribution in [0.4, 0.5) is 5.69 Å². The number of nitrogens with one attached hydrogen (secondary N) is 1. The molecule has 0 fully saturated rings. The molecular weight excluding hydrogens is 386 g/mol. The highest BCUT2D eigenvalue weighted by molar-refractivity contribution is 9.10. The lowest BCUT2D eigenvalue weighted by Crippen LogP contribution is -2.08. The molecule has 0 aliphatic carbocycles. The van der Waals surface area contributed by atoms with Gasteiger partial charge in [0.15, 0.2) is 12.3 Å². The summed E-state index contributed by atoms with van der Waals surface area (Å²) in [6, 6.07) is 11.1. The molecule has 6 nitrogen and oxygen atoms in total. The van der Waals surface area contributed by atoms with Gasteiger partial charge >= 0.3 is 5.91 Å². The van der Waals surface area contributed by atoms with Crippen LogP contribution in [0.2, 0.25) is 0 Å². The Labute approximate surface area is 152 Å². The number of fused-ring (bicyclic) bond motifs is 1. The van der Waals surface area contributed by atoms with Gasteiger partial charge in [-0.2, -0.15) is 0 Å². The third-order valence-corrected chi connectivity index (χ3v) is 4.19. The van der Waals surface area contributed by atoms with Gasteiger partial charge in [-0.05, 0) is 43.2 Å². The van der Waals surface area contributed by atoms with Crippen molar-refractivity contribution >= 4 is 38.4 Å². The number of ether oxygens (including phenoxy) is 1. The number of aryl methyl sites for hydroxylation is 2. The van der Waals surface area contributed by atoms with Crippen LogP contribution < -0.4 is 4.74 Å². The Morgan fingerprint density at radius 2 is 2.00 bits per heavy atom. The summed E-state index contributed by atoms with van der Waals surface area (Å²) in [7, 11) is 0. The number of amides is 1. The molecule has 0 saturated heterocycles. The minimum absolute atomic E-state index is 0.132. The molecule has 2 N–H and O–H groups in total. The van der Waals surface area contributed by atoms with Crippen LogP contribution in [-0.4, -0.2) is 22.6 Å². The number of aromatic amines is 1. The Bertz CT molecular complexity index is 979. The zero-order chi connectivity index (χ0) is 18.0. The molecule has 7 heteroatoms. The lowest BCUT2D eigenvalue weighted by Gasteiger charge is -2.05. The first-order valence-electron chi connectivity index (χ1n) is 7.59. The third-order valence-electron chi connectivity index (χ3n) is 3.73.